The molecule has 1 amide bonds. The van der Waals surface area contributed by atoms with Crippen molar-refractivity contribution >= 4 is 5.91 Å². The van der Waals surface area contributed by atoms with Gasteiger partial charge < -0.3 is 14.7 Å². The number of aliphatic hydroxyl groups excluding tert-OH is 1. The summed E-state index contributed by atoms with van der Waals surface area (Å²) in [6, 6.07) is 5.86. The molecule has 7 heteroatoms. The van der Waals surface area contributed by atoms with Crippen LogP contribution < -0.4 is 4.74 Å². The van der Waals surface area contributed by atoms with Gasteiger partial charge in [-0.1, -0.05) is 18.2 Å². The van der Waals surface area contributed by atoms with Gasteiger partial charge in [0.25, 0.3) is 0 Å². The smallest absolute Gasteiger partial charge is 0.406 e. The maximum absolute atomic E-state index is 12.4. The Morgan fingerprint density at radius 1 is 1.42 bits per heavy atom. The van der Waals surface area contributed by atoms with Gasteiger partial charge >= 0.3 is 6.36 Å². The van der Waals surface area contributed by atoms with Crippen molar-refractivity contribution in [3.05, 3.63) is 29.8 Å². The fourth-order valence-electron chi connectivity index (χ4n) is 2.96. The highest BCUT2D eigenvalue weighted by atomic mass is 19.4. The van der Waals surface area contributed by atoms with Gasteiger partial charge in [-0.25, -0.2) is 0 Å². The van der Waals surface area contributed by atoms with E-state index in [-0.39, 0.29) is 30.4 Å². The van der Waals surface area contributed by atoms with E-state index in [2.05, 4.69) is 4.74 Å². The lowest BCUT2D eigenvalue weighted by molar-refractivity contribution is -0.274. The third-order valence-electron chi connectivity index (χ3n) is 4.30. The summed E-state index contributed by atoms with van der Waals surface area (Å²) in [5.74, 6) is -0.316. The van der Waals surface area contributed by atoms with Gasteiger partial charge in [0.05, 0.1) is 6.10 Å². The van der Waals surface area contributed by atoms with Crippen LogP contribution in [-0.4, -0.2) is 41.5 Å². The number of alkyl halides is 3. The summed E-state index contributed by atoms with van der Waals surface area (Å²) in [7, 11) is 0. The van der Waals surface area contributed by atoms with E-state index < -0.39 is 12.5 Å². The van der Waals surface area contributed by atoms with Crippen LogP contribution in [-0.2, 0) is 11.2 Å². The number of amides is 1. The average Bonchev–Trinajstić information content (AvgIpc) is 2.52. The summed E-state index contributed by atoms with van der Waals surface area (Å²) < 4.78 is 41.2. The van der Waals surface area contributed by atoms with Gasteiger partial charge in [-0.2, -0.15) is 0 Å². The Kier molecular flexibility index (Phi) is 6.10. The van der Waals surface area contributed by atoms with Crippen molar-refractivity contribution in [1.29, 1.82) is 0 Å². The molecule has 1 aliphatic rings. The van der Waals surface area contributed by atoms with E-state index >= 15 is 0 Å². The van der Waals surface area contributed by atoms with E-state index in [1.165, 1.54) is 18.2 Å². The molecule has 0 aromatic heterocycles. The Balaban J connectivity index is 1.94. The number of aryl methyl sites for hydroxylation is 1. The topological polar surface area (TPSA) is 49.8 Å². The number of carbonyl (C=O) groups excluding carboxylic acids is 1. The van der Waals surface area contributed by atoms with Gasteiger partial charge in [0, 0.05) is 25.4 Å². The van der Waals surface area contributed by atoms with Crippen LogP contribution in [0.25, 0.3) is 0 Å². The van der Waals surface area contributed by atoms with E-state index in [1.807, 2.05) is 0 Å². The number of hydrogen-bond acceptors (Lipinski definition) is 3. The number of likely N-dealkylation sites (tertiary alicyclic amines) is 1. The van der Waals surface area contributed by atoms with Crippen LogP contribution >= 0.6 is 0 Å². The molecule has 0 bridgehead atoms. The number of para-hydroxylation sites is 1. The predicted octanol–water partition coefficient (Wildman–Crippen LogP) is 3.14. The third kappa shape index (κ3) is 5.40. The number of nitrogens with zero attached hydrogens (tertiary/aromatic N) is 1. The molecule has 2 rings (SSSR count). The standard InChI is InChI=1S/C17H22F3NO3/c1-12(22)14-6-4-10-21(11-14)16(23)9-8-13-5-2-3-7-15(13)24-17(18,19)20/h2-3,5,7,12,14,22H,4,6,8-11H2,1H3. The van der Waals surface area contributed by atoms with Gasteiger partial charge in [0.1, 0.15) is 5.75 Å². The first kappa shape index (κ1) is 18.6. The van der Waals surface area contributed by atoms with Crippen molar-refractivity contribution in [3.63, 3.8) is 0 Å². The zero-order valence-corrected chi connectivity index (χ0v) is 13.6. The van der Waals surface area contributed by atoms with Gasteiger partial charge in [0.15, 0.2) is 0 Å². The van der Waals surface area contributed by atoms with E-state index in [1.54, 1.807) is 17.9 Å². The highest BCUT2D eigenvalue weighted by Crippen LogP contribution is 2.27. The summed E-state index contributed by atoms with van der Waals surface area (Å²) in [5, 5.41) is 9.67. The molecular formula is C17H22F3NO3. The number of aliphatic hydroxyl groups is 1. The molecule has 1 aromatic rings. The first-order chi connectivity index (χ1) is 11.3. The van der Waals surface area contributed by atoms with Crippen LogP contribution in [0.5, 0.6) is 5.75 Å². The summed E-state index contributed by atoms with van der Waals surface area (Å²) in [6.45, 7) is 2.84. The zero-order valence-electron chi connectivity index (χ0n) is 13.6. The Hall–Kier alpha value is -1.76. The molecule has 134 valence electrons. The number of benzene rings is 1. The maximum atomic E-state index is 12.4. The van der Waals surface area contributed by atoms with Crippen LogP contribution in [0.2, 0.25) is 0 Å². The molecule has 2 unspecified atom stereocenters. The minimum absolute atomic E-state index is 0.0588. The molecule has 1 aromatic carbocycles. The molecule has 0 spiro atoms. The number of carbonyl (C=O) groups is 1. The van der Waals surface area contributed by atoms with Crippen molar-refractivity contribution in [3.8, 4) is 5.75 Å². The quantitative estimate of drug-likeness (QED) is 0.892. The summed E-state index contributed by atoms with van der Waals surface area (Å²) in [5.41, 5.74) is 0.354. The monoisotopic (exact) mass is 345 g/mol. The van der Waals surface area contributed by atoms with E-state index in [0.717, 1.165) is 12.8 Å². The second-order valence-electron chi connectivity index (χ2n) is 6.14. The van der Waals surface area contributed by atoms with Crippen LogP contribution in [0.3, 0.4) is 0 Å². The van der Waals surface area contributed by atoms with Crippen LogP contribution in [0.1, 0.15) is 31.7 Å². The molecule has 0 saturated carbocycles. The van der Waals surface area contributed by atoms with Crippen molar-refractivity contribution in [2.24, 2.45) is 5.92 Å². The maximum Gasteiger partial charge on any atom is 0.573 e. The molecule has 0 radical (unpaired) electrons. The van der Waals surface area contributed by atoms with Crippen molar-refractivity contribution in [2.75, 3.05) is 13.1 Å². The first-order valence-corrected chi connectivity index (χ1v) is 8.06. The molecule has 24 heavy (non-hydrogen) atoms. The van der Waals surface area contributed by atoms with Crippen molar-refractivity contribution in [2.45, 2.75) is 45.1 Å². The highest BCUT2D eigenvalue weighted by Gasteiger charge is 2.32. The lowest BCUT2D eigenvalue weighted by atomic mass is 9.93. The number of halogens is 3. The van der Waals surface area contributed by atoms with Crippen LogP contribution in [0.15, 0.2) is 24.3 Å². The van der Waals surface area contributed by atoms with Gasteiger partial charge in [-0.05, 0) is 37.8 Å². The number of ether oxygens (including phenoxy) is 1. The Labute approximate surface area is 139 Å². The average molecular weight is 345 g/mol. The molecule has 1 aliphatic heterocycles. The van der Waals surface area contributed by atoms with E-state index in [4.69, 9.17) is 0 Å². The second-order valence-corrected chi connectivity index (χ2v) is 6.14. The molecule has 1 N–H and O–H groups in total. The van der Waals surface area contributed by atoms with Gasteiger partial charge in [-0.3, -0.25) is 4.79 Å². The highest BCUT2D eigenvalue weighted by molar-refractivity contribution is 5.76. The van der Waals surface area contributed by atoms with E-state index in [9.17, 15) is 23.1 Å². The van der Waals surface area contributed by atoms with Gasteiger partial charge in [-0.15, -0.1) is 13.2 Å². The second kappa shape index (κ2) is 7.88. The largest absolute Gasteiger partial charge is 0.573 e. The molecule has 1 saturated heterocycles. The summed E-state index contributed by atoms with van der Waals surface area (Å²) >= 11 is 0. The molecule has 1 fully saturated rings. The summed E-state index contributed by atoms with van der Waals surface area (Å²) in [4.78, 5) is 14.0. The number of piperidine rings is 1. The normalized spacial score (nSPS) is 19.9. The molecule has 2 atom stereocenters. The Morgan fingerprint density at radius 3 is 2.79 bits per heavy atom. The fourth-order valence-corrected chi connectivity index (χ4v) is 2.96. The van der Waals surface area contributed by atoms with Crippen LogP contribution in [0.4, 0.5) is 13.2 Å². The lowest BCUT2D eigenvalue weighted by Gasteiger charge is -2.34. The molecule has 0 aliphatic carbocycles. The minimum atomic E-state index is -4.75. The molecule has 1 heterocycles. The molecular weight excluding hydrogens is 323 g/mol. The third-order valence-corrected chi connectivity index (χ3v) is 4.30. The van der Waals surface area contributed by atoms with Crippen LogP contribution in [0, 0.1) is 5.92 Å². The minimum Gasteiger partial charge on any atom is -0.406 e. The Morgan fingerprint density at radius 2 is 2.12 bits per heavy atom. The van der Waals surface area contributed by atoms with Gasteiger partial charge in [0.2, 0.25) is 5.91 Å². The predicted molar refractivity (Wildman–Crippen MR) is 82.4 cm³/mol. The first-order valence-electron chi connectivity index (χ1n) is 8.06. The lowest BCUT2D eigenvalue weighted by Crippen LogP contribution is -2.43. The SMILES string of the molecule is CC(O)C1CCCN(C(=O)CCc2ccccc2OC(F)(F)F)C1. The van der Waals surface area contributed by atoms with Crippen molar-refractivity contribution < 1.29 is 27.8 Å². The fraction of sp³-hybridized carbons (Fsp3) is 0.588. The zero-order chi connectivity index (χ0) is 17.7. The Bertz CT molecular complexity index is 560. The van der Waals surface area contributed by atoms with E-state index in [0.29, 0.717) is 18.7 Å². The van der Waals surface area contributed by atoms with Crippen molar-refractivity contribution in [1.82, 2.24) is 4.90 Å². The number of hydrogen-bond donors (Lipinski definition) is 1. The number of rotatable bonds is 5. The molecule has 4 nitrogen and oxygen atoms in total. The summed E-state index contributed by atoms with van der Waals surface area (Å²) in [6.07, 6.45) is -3.22.